The molecule has 0 aromatic carbocycles. The average Bonchev–Trinajstić information content (AvgIpc) is 2.29. The van der Waals surface area contributed by atoms with Gasteiger partial charge < -0.3 is 6.92 Å². The van der Waals surface area contributed by atoms with E-state index in [9.17, 15) is 0 Å². The van der Waals surface area contributed by atoms with Gasteiger partial charge in [0.05, 0.1) is 0 Å². The minimum atomic E-state index is -4.67. The maximum absolute atomic E-state index is 8.74. The fourth-order valence-electron chi connectivity index (χ4n) is 1.84. The third kappa shape index (κ3) is 42.7. The largest absolute Gasteiger partial charge is 1.00 e. The molecule has 0 atom stereocenters. The van der Waals surface area contributed by atoms with Crippen LogP contribution in [0.5, 0.6) is 0 Å². The summed E-state index contributed by atoms with van der Waals surface area (Å²) in [7, 11) is -4.67. The molecule has 0 saturated carbocycles. The van der Waals surface area contributed by atoms with Gasteiger partial charge >= 0.3 is 61.8 Å². The molecule has 0 aromatic heterocycles. The average molecular weight is 335 g/mol. The molecule has 6 heteroatoms. The first kappa shape index (κ1) is 26.4. The second-order valence-corrected chi connectivity index (χ2v) is 5.73. The molecule has 0 aliphatic carbocycles. The van der Waals surface area contributed by atoms with E-state index in [4.69, 9.17) is 17.5 Å². The monoisotopic (exact) mass is 334 g/mol. The molecule has 0 spiro atoms. The fraction of sp³-hybridized carbons (Fsp3) is 0.929. The molecule has 0 heterocycles. The Morgan fingerprint density at radius 2 is 1.00 bits per heavy atom. The van der Waals surface area contributed by atoms with Crippen molar-refractivity contribution in [1.82, 2.24) is 0 Å². The van der Waals surface area contributed by atoms with Crippen molar-refractivity contribution >= 4 is 10.4 Å². The van der Waals surface area contributed by atoms with Crippen LogP contribution in [0.2, 0.25) is 0 Å². The summed E-state index contributed by atoms with van der Waals surface area (Å²) in [6.45, 7) is 6.14. The van der Waals surface area contributed by atoms with Gasteiger partial charge in [-0.2, -0.15) is 14.8 Å². The van der Waals surface area contributed by atoms with Gasteiger partial charge in [0.1, 0.15) is 0 Å². The topological polar surface area (TPSA) is 74.6 Å². The predicted octanol–water partition coefficient (Wildman–Crippen LogP) is 1.87. The Morgan fingerprint density at radius 3 is 1.25 bits per heavy atom. The molecule has 0 unspecified atom stereocenters. The minimum absolute atomic E-state index is 0. The molecule has 0 fully saturated rings. The van der Waals surface area contributed by atoms with Crippen molar-refractivity contribution in [2.24, 2.45) is 0 Å². The predicted molar refractivity (Wildman–Crippen MR) is 80.6 cm³/mol. The van der Waals surface area contributed by atoms with Crippen LogP contribution in [0.1, 0.15) is 84.0 Å². The van der Waals surface area contributed by atoms with Gasteiger partial charge in [0.25, 0.3) is 0 Å². The normalized spacial score (nSPS) is 10.4. The second-order valence-electron chi connectivity index (χ2n) is 4.84. The first-order valence-electron chi connectivity index (χ1n) is 7.41. The van der Waals surface area contributed by atoms with E-state index in [0.29, 0.717) is 0 Å². The van der Waals surface area contributed by atoms with Gasteiger partial charge in [0.15, 0.2) is 0 Å². The van der Waals surface area contributed by atoms with Gasteiger partial charge in [0, 0.05) is 0 Å². The van der Waals surface area contributed by atoms with E-state index in [0.717, 1.165) is 6.42 Å². The van der Waals surface area contributed by atoms with E-state index >= 15 is 0 Å². The van der Waals surface area contributed by atoms with Crippen molar-refractivity contribution in [2.45, 2.75) is 84.0 Å². The van der Waals surface area contributed by atoms with Crippen LogP contribution in [0, 0.1) is 6.92 Å². The smallest absolute Gasteiger partial charge is 0.343 e. The number of unbranched alkanes of at least 4 members (excludes halogenated alkanes) is 11. The molecular weight excluding hydrogens is 303 g/mol. The van der Waals surface area contributed by atoms with Gasteiger partial charge in [-0.3, -0.25) is 9.11 Å². The maximum Gasteiger partial charge on any atom is 1.00 e. The third-order valence-electron chi connectivity index (χ3n) is 2.85. The summed E-state index contributed by atoms with van der Waals surface area (Å²) in [5.41, 5.74) is 0. The summed E-state index contributed by atoms with van der Waals surface area (Å²) in [6, 6.07) is 0. The zero-order chi connectivity index (χ0) is 15.0. The molecule has 0 rings (SSSR count). The summed E-state index contributed by atoms with van der Waals surface area (Å²) < 4.78 is 31.6. The molecule has 0 aromatic rings. The van der Waals surface area contributed by atoms with Crippen LogP contribution < -0.4 is 51.4 Å². The summed E-state index contributed by atoms with van der Waals surface area (Å²) in [4.78, 5) is 0. The van der Waals surface area contributed by atoms with E-state index in [-0.39, 0.29) is 51.4 Å². The third-order valence-corrected chi connectivity index (χ3v) is 2.85. The van der Waals surface area contributed by atoms with Crippen molar-refractivity contribution in [3.63, 3.8) is 0 Å². The Kier molecular flexibility index (Phi) is 27.1. The molecule has 0 aliphatic rings. The summed E-state index contributed by atoms with van der Waals surface area (Å²) in [6.07, 6.45) is 16.9. The maximum atomic E-state index is 8.74. The van der Waals surface area contributed by atoms with Gasteiger partial charge in [0.2, 0.25) is 0 Å². The van der Waals surface area contributed by atoms with Gasteiger partial charge in [-0.05, 0) is 0 Å². The molecule has 0 bridgehead atoms. The molecular formula is C14H31KO4S. The first-order chi connectivity index (χ1) is 8.91. The Hall–Kier alpha value is 1.51. The molecule has 4 nitrogen and oxygen atoms in total. The number of hydrogen-bond acceptors (Lipinski definition) is 2. The molecule has 0 radical (unpaired) electrons. The summed E-state index contributed by atoms with van der Waals surface area (Å²) in [5.74, 6) is 0. The summed E-state index contributed by atoms with van der Waals surface area (Å²) >= 11 is 0. The molecule has 20 heavy (non-hydrogen) atoms. The SMILES string of the molecule is O=S(=O)(O)O.[CH2-]CCCCCCCCCCCCC.[K+]. The van der Waals surface area contributed by atoms with Crippen molar-refractivity contribution in [3.8, 4) is 0 Å². The van der Waals surface area contributed by atoms with Crippen LogP contribution >= 0.6 is 0 Å². The van der Waals surface area contributed by atoms with Crippen LogP contribution in [0.4, 0.5) is 0 Å². The Morgan fingerprint density at radius 1 is 0.750 bits per heavy atom. The van der Waals surface area contributed by atoms with Crippen LogP contribution in [0.3, 0.4) is 0 Å². The van der Waals surface area contributed by atoms with Crippen LogP contribution in [-0.4, -0.2) is 17.5 Å². The van der Waals surface area contributed by atoms with Gasteiger partial charge in [-0.1, -0.05) is 77.6 Å². The van der Waals surface area contributed by atoms with Crippen molar-refractivity contribution in [2.75, 3.05) is 0 Å². The number of rotatable bonds is 11. The molecule has 0 aliphatic heterocycles. The van der Waals surface area contributed by atoms with E-state index in [2.05, 4.69) is 13.8 Å². The minimum Gasteiger partial charge on any atom is -0.343 e. The first-order valence-corrected chi connectivity index (χ1v) is 8.80. The zero-order valence-corrected chi connectivity index (χ0v) is 17.3. The Balaban J connectivity index is -0.000000414. The van der Waals surface area contributed by atoms with E-state index in [1.54, 1.807) is 0 Å². The van der Waals surface area contributed by atoms with Gasteiger partial charge in [-0.15, -0.1) is 0 Å². The van der Waals surface area contributed by atoms with Crippen LogP contribution in [-0.2, 0) is 10.4 Å². The molecule has 2 N–H and O–H groups in total. The van der Waals surface area contributed by atoms with Crippen LogP contribution in [0.15, 0.2) is 0 Å². The fourth-order valence-corrected chi connectivity index (χ4v) is 1.84. The molecule has 118 valence electrons. The summed E-state index contributed by atoms with van der Waals surface area (Å²) in [5, 5.41) is 0. The zero-order valence-electron chi connectivity index (χ0n) is 13.3. The van der Waals surface area contributed by atoms with Crippen molar-refractivity contribution in [1.29, 1.82) is 0 Å². The Bertz CT molecular complexity index is 236. The van der Waals surface area contributed by atoms with E-state index < -0.39 is 10.4 Å². The number of hydrogen-bond donors (Lipinski definition) is 2. The standard InChI is InChI=1S/C14H29.K.H2O4S/c1-3-5-7-9-11-13-14-12-10-8-6-4-2;;1-5(2,3)4/h1,3-14H2,2H3;;(H2,1,2,3,4)/q-1;+1;. The van der Waals surface area contributed by atoms with E-state index in [1.165, 1.54) is 70.6 Å². The van der Waals surface area contributed by atoms with Crippen LogP contribution in [0.25, 0.3) is 0 Å². The Labute approximate surface area is 168 Å². The van der Waals surface area contributed by atoms with E-state index in [1.807, 2.05) is 0 Å². The second kappa shape index (κ2) is 20.5. The quantitative estimate of drug-likeness (QED) is 0.262. The van der Waals surface area contributed by atoms with Gasteiger partial charge in [-0.25, -0.2) is 0 Å². The molecule has 0 saturated heterocycles. The van der Waals surface area contributed by atoms with Crippen molar-refractivity contribution in [3.05, 3.63) is 6.92 Å². The molecule has 0 amide bonds. The van der Waals surface area contributed by atoms with Crippen molar-refractivity contribution < 1.29 is 68.9 Å².